The van der Waals surface area contributed by atoms with Crippen molar-refractivity contribution in [1.29, 1.82) is 0 Å². The van der Waals surface area contributed by atoms with Gasteiger partial charge in [-0.3, -0.25) is 4.99 Å². The summed E-state index contributed by atoms with van der Waals surface area (Å²) in [6.45, 7) is 2.35. The maximum atomic E-state index is 6.67. The molecular weight excluding hydrogens is 847 g/mol. The standard InChI is InChI=1S/C68H55NO/c1-2-48-51(55-27-16-28-56-54-24-11-15-33-63(54)70-67(55)56)26-17-32-62(69-66(48)45-18-4-3-5-19-45)44-37-34-43(35-38-44)36-39-47-42-46-20-6-7-21-49(46)64-50(47)40-41-61-65(64)57-25-10-14-31-60(57)68(61)58-29-12-8-22-52(58)53-23-9-13-30-59(53)68/h3-16,18-25,27-31,33-35,37-38,40-41,47-48,51,62H,2,17,26,32,36,39,42H2,1H3. The first-order valence-electron chi connectivity index (χ1n) is 25.9. The molecule has 9 aromatic carbocycles. The fourth-order valence-corrected chi connectivity index (χ4v) is 14.0. The SMILES string of the molecule is CCC1C(c2ccccc2)=NC(c2ccc(CCC3Cc4ccccc4-c4c3ccc3c4-c4ccccc4C34c3ccccc3-c3ccccc34)cc2)CCCC1c1cccc2c1oc1ccccc12. The molecule has 10 aromatic rings. The van der Waals surface area contributed by atoms with E-state index >= 15 is 0 Å². The lowest BCUT2D eigenvalue weighted by Gasteiger charge is -2.33. The van der Waals surface area contributed by atoms with Crippen molar-refractivity contribution < 1.29 is 4.42 Å². The van der Waals surface area contributed by atoms with Crippen molar-refractivity contribution >= 4 is 27.7 Å². The molecule has 1 spiro atoms. The Balaban J connectivity index is 0.794. The molecule has 2 heteroatoms. The number of hydrogen-bond acceptors (Lipinski definition) is 2. The topological polar surface area (TPSA) is 25.5 Å². The van der Waals surface area contributed by atoms with Gasteiger partial charge in [-0.15, -0.1) is 0 Å². The van der Waals surface area contributed by atoms with Crippen LogP contribution in [0.2, 0.25) is 0 Å². The maximum absolute atomic E-state index is 6.67. The first kappa shape index (κ1) is 41.4. The Morgan fingerprint density at radius 1 is 0.529 bits per heavy atom. The number of benzene rings is 9. The van der Waals surface area contributed by atoms with Gasteiger partial charge in [0.25, 0.3) is 0 Å². The van der Waals surface area contributed by atoms with Gasteiger partial charge >= 0.3 is 0 Å². The normalized spacial score (nSPS) is 19.4. The average molecular weight is 902 g/mol. The maximum Gasteiger partial charge on any atom is 0.138 e. The lowest BCUT2D eigenvalue weighted by Crippen LogP contribution is -2.26. The van der Waals surface area contributed by atoms with E-state index in [9.17, 15) is 0 Å². The number of nitrogens with zero attached hydrogens (tertiary/aromatic N) is 1. The van der Waals surface area contributed by atoms with Crippen LogP contribution in [0, 0.1) is 5.92 Å². The molecule has 338 valence electrons. The molecular formula is C68H55NO. The summed E-state index contributed by atoms with van der Waals surface area (Å²) in [6.07, 6.45) is 7.40. The van der Waals surface area contributed by atoms with Gasteiger partial charge < -0.3 is 4.42 Å². The Labute approximate surface area is 411 Å². The summed E-state index contributed by atoms with van der Waals surface area (Å²) in [6, 6.07) is 77.9. The molecule has 0 bridgehead atoms. The van der Waals surface area contributed by atoms with Crippen molar-refractivity contribution in [1.82, 2.24) is 0 Å². The minimum Gasteiger partial charge on any atom is -0.456 e. The fourth-order valence-electron chi connectivity index (χ4n) is 14.0. The molecule has 0 fully saturated rings. The van der Waals surface area contributed by atoms with E-state index in [-0.39, 0.29) is 17.4 Å². The highest BCUT2D eigenvalue weighted by atomic mass is 16.3. The minimum absolute atomic E-state index is 0.107. The van der Waals surface area contributed by atoms with Crippen LogP contribution in [0.25, 0.3) is 55.3 Å². The Hall–Kier alpha value is -7.55. The van der Waals surface area contributed by atoms with Crippen molar-refractivity contribution in [2.75, 3.05) is 0 Å². The number of furan rings is 1. The lowest BCUT2D eigenvalue weighted by molar-refractivity contribution is 0.434. The van der Waals surface area contributed by atoms with Gasteiger partial charge in [0, 0.05) is 22.4 Å². The molecule has 0 radical (unpaired) electrons. The van der Waals surface area contributed by atoms with E-state index in [1.54, 1.807) is 0 Å². The van der Waals surface area contributed by atoms with E-state index in [0.29, 0.717) is 11.8 Å². The van der Waals surface area contributed by atoms with Crippen LogP contribution in [-0.4, -0.2) is 5.71 Å². The highest BCUT2D eigenvalue weighted by molar-refractivity contribution is 6.07. The van der Waals surface area contributed by atoms with E-state index in [0.717, 1.165) is 56.1 Å². The molecule has 4 aliphatic rings. The predicted molar refractivity (Wildman–Crippen MR) is 289 cm³/mol. The molecule has 70 heavy (non-hydrogen) atoms. The van der Waals surface area contributed by atoms with Crippen LogP contribution >= 0.6 is 0 Å². The Kier molecular flexibility index (Phi) is 9.80. The smallest absolute Gasteiger partial charge is 0.138 e. The molecule has 2 nitrogen and oxygen atoms in total. The molecule has 1 aromatic heterocycles. The summed E-state index contributed by atoms with van der Waals surface area (Å²) < 4.78 is 6.67. The number of fused-ring (bicyclic) bond motifs is 17. The van der Waals surface area contributed by atoms with Gasteiger partial charge in [0.05, 0.1) is 11.5 Å². The molecule has 0 amide bonds. The monoisotopic (exact) mass is 901 g/mol. The van der Waals surface area contributed by atoms with E-state index in [1.807, 2.05) is 0 Å². The van der Waals surface area contributed by atoms with E-state index in [2.05, 4.69) is 213 Å². The average Bonchev–Trinajstić information content (AvgIpc) is 4.06. The highest BCUT2D eigenvalue weighted by Crippen LogP contribution is 2.65. The van der Waals surface area contributed by atoms with Gasteiger partial charge in [-0.25, -0.2) is 0 Å². The molecule has 0 saturated heterocycles. The van der Waals surface area contributed by atoms with Gasteiger partial charge in [-0.1, -0.05) is 214 Å². The third-order valence-electron chi connectivity index (χ3n) is 17.0. The van der Waals surface area contributed by atoms with Gasteiger partial charge in [0.1, 0.15) is 11.2 Å². The van der Waals surface area contributed by atoms with Gasteiger partial charge in [0.15, 0.2) is 0 Å². The number of aliphatic imine (C=N–C) groups is 1. The second-order valence-electron chi connectivity index (χ2n) is 20.4. The van der Waals surface area contributed by atoms with Crippen molar-refractivity contribution in [3.8, 4) is 33.4 Å². The minimum atomic E-state index is -0.344. The Morgan fingerprint density at radius 2 is 1.19 bits per heavy atom. The molecule has 0 N–H and O–H groups in total. The molecule has 4 unspecified atom stereocenters. The van der Waals surface area contributed by atoms with Gasteiger partial charge in [-0.05, 0) is 145 Å². The molecule has 0 saturated carbocycles. The lowest BCUT2D eigenvalue weighted by atomic mass is 9.69. The van der Waals surface area contributed by atoms with E-state index in [4.69, 9.17) is 9.41 Å². The summed E-state index contributed by atoms with van der Waals surface area (Å²) in [7, 11) is 0. The molecule has 3 aliphatic carbocycles. The van der Waals surface area contributed by atoms with Crippen LogP contribution in [0.15, 0.2) is 216 Å². The van der Waals surface area contributed by atoms with Crippen molar-refractivity contribution in [3.05, 3.63) is 262 Å². The van der Waals surface area contributed by atoms with E-state index in [1.165, 1.54) is 105 Å². The zero-order chi connectivity index (χ0) is 46.3. The third kappa shape index (κ3) is 6.21. The van der Waals surface area contributed by atoms with E-state index < -0.39 is 0 Å². The van der Waals surface area contributed by atoms with Crippen molar-refractivity contribution in [3.63, 3.8) is 0 Å². The summed E-state index contributed by atoms with van der Waals surface area (Å²) in [4.78, 5) is 5.80. The number of para-hydroxylation sites is 2. The second kappa shape index (κ2) is 16.6. The van der Waals surface area contributed by atoms with Crippen LogP contribution in [0.1, 0.15) is 113 Å². The molecule has 4 atom stereocenters. The van der Waals surface area contributed by atoms with Crippen LogP contribution < -0.4 is 0 Å². The summed E-state index contributed by atoms with van der Waals surface area (Å²) in [5.41, 5.74) is 25.1. The van der Waals surface area contributed by atoms with Crippen molar-refractivity contribution in [2.45, 2.75) is 75.2 Å². The second-order valence-corrected chi connectivity index (χ2v) is 20.4. The number of aryl methyl sites for hydroxylation is 1. The van der Waals surface area contributed by atoms with Gasteiger partial charge in [0.2, 0.25) is 0 Å². The molecule has 14 rings (SSSR count). The molecule has 1 aliphatic heterocycles. The Morgan fingerprint density at radius 3 is 1.96 bits per heavy atom. The number of hydrogen-bond donors (Lipinski definition) is 0. The van der Waals surface area contributed by atoms with Crippen LogP contribution in [0.3, 0.4) is 0 Å². The summed E-state index contributed by atoms with van der Waals surface area (Å²) in [5.74, 6) is 0.980. The Bertz CT molecular complexity index is 3640. The zero-order valence-electron chi connectivity index (χ0n) is 39.7. The zero-order valence-corrected chi connectivity index (χ0v) is 39.7. The predicted octanol–water partition coefficient (Wildman–Crippen LogP) is 17.4. The first-order chi connectivity index (χ1) is 34.7. The fraction of sp³-hybridized carbons (Fsp3) is 0.191. The van der Waals surface area contributed by atoms with Crippen molar-refractivity contribution in [2.24, 2.45) is 10.9 Å². The molecule has 2 heterocycles. The first-order valence-corrected chi connectivity index (χ1v) is 25.9. The third-order valence-corrected chi connectivity index (χ3v) is 17.0. The largest absolute Gasteiger partial charge is 0.456 e. The summed E-state index contributed by atoms with van der Waals surface area (Å²) in [5, 5.41) is 2.40. The van der Waals surface area contributed by atoms with Crippen LogP contribution in [0.5, 0.6) is 0 Å². The van der Waals surface area contributed by atoms with Crippen LogP contribution in [-0.2, 0) is 18.3 Å². The number of rotatable bonds is 7. The highest BCUT2D eigenvalue weighted by Gasteiger charge is 2.52. The van der Waals surface area contributed by atoms with Gasteiger partial charge in [-0.2, -0.15) is 0 Å². The van der Waals surface area contributed by atoms with Crippen LogP contribution in [0.4, 0.5) is 0 Å². The quantitative estimate of drug-likeness (QED) is 0.156. The summed E-state index contributed by atoms with van der Waals surface area (Å²) >= 11 is 0.